The molecule has 0 saturated carbocycles. The van der Waals surface area contributed by atoms with E-state index in [4.69, 9.17) is 10.9 Å². The first-order chi connectivity index (χ1) is 7.12. The number of hydrogen-bond donors (Lipinski definition) is 2. The summed E-state index contributed by atoms with van der Waals surface area (Å²) < 4.78 is 0. The molecule has 80 valence electrons. The number of rotatable bonds is 5. The maximum absolute atomic E-state index is 10.7. The molecule has 0 aromatic heterocycles. The monoisotopic (exact) mass is 210 g/mol. The third kappa shape index (κ3) is 3.23. The van der Waals surface area contributed by atoms with Gasteiger partial charge in [-0.3, -0.25) is 4.79 Å². The van der Waals surface area contributed by atoms with Gasteiger partial charge in [-0.25, -0.2) is 9.59 Å². The summed E-state index contributed by atoms with van der Waals surface area (Å²) in [6.07, 6.45) is 0.788. The van der Waals surface area contributed by atoms with E-state index in [1.54, 1.807) is 6.92 Å². The Kier molecular flexibility index (Phi) is 5.41. The van der Waals surface area contributed by atoms with Crippen molar-refractivity contribution in [1.29, 1.82) is 0 Å². The van der Waals surface area contributed by atoms with Gasteiger partial charge in [0.25, 0.3) is 5.91 Å². The van der Waals surface area contributed by atoms with Crippen LogP contribution in [-0.2, 0) is 14.4 Å². The number of nitrogens with zero attached hydrogens (tertiary/aromatic N) is 1. The number of carbonyl (C=O) groups is 1. The summed E-state index contributed by atoms with van der Waals surface area (Å²) >= 11 is 0. The molecule has 0 spiro atoms. The Morgan fingerprint density at radius 2 is 2.00 bits per heavy atom. The van der Waals surface area contributed by atoms with Crippen molar-refractivity contribution in [1.82, 2.24) is 0 Å². The van der Waals surface area contributed by atoms with Crippen molar-refractivity contribution in [3.63, 3.8) is 0 Å². The standard InChI is InChI=1S/C9H10N2O4/c1-2-3-6(4-12)8(11-15)7(5-13)9(10)14/h15H,2-3H2,1H3,(H2,10,14). The molecule has 0 aliphatic rings. The molecule has 0 radical (unpaired) electrons. The molecule has 0 heterocycles. The minimum atomic E-state index is -1.11. The first-order valence-corrected chi connectivity index (χ1v) is 4.14. The molecule has 6 nitrogen and oxygen atoms in total. The molecular formula is C9H10N2O4. The average molecular weight is 210 g/mol. The van der Waals surface area contributed by atoms with E-state index < -0.39 is 17.2 Å². The molecule has 0 rings (SSSR count). The molecule has 1 amide bonds. The summed E-state index contributed by atoms with van der Waals surface area (Å²) in [5, 5.41) is 11.3. The quantitative estimate of drug-likeness (QED) is 0.212. The Morgan fingerprint density at radius 1 is 1.40 bits per heavy atom. The lowest BCUT2D eigenvalue weighted by Crippen LogP contribution is -2.23. The van der Waals surface area contributed by atoms with E-state index in [1.807, 2.05) is 0 Å². The van der Waals surface area contributed by atoms with Gasteiger partial charge in [-0.1, -0.05) is 18.5 Å². The van der Waals surface area contributed by atoms with Crippen LogP contribution in [0.15, 0.2) is 16.3 Å². The molecular weight excluding hydrogens is 200 g/mol. The van der Waals surface area contributed by atoms with Crippen LogP contribution in [0.2, 0.25) is 0 Å². The van der Waals surface area contributed by atoms with E-state index >= 15 is 0 Å². The van der Waals surface area contributed by atoms with Crippen molar-refractivity contribution in [3.8, 4) is 0 Å². The molecule has 0 aromatic rings. The van der Waals surface area contributed by atoms with Crippen molar-refractivity contribution in [2.75, 3.05) is 0 Å². The predicted octanol–water partition coefficient (Wildman–Crippen LogP) is -0.382. The second-order valence-corrected chi connectivity index (χ2v) is 2.62. The zero-order valence-electron chi connectivity index (χ0n) is 8.11. The Balaban J connectivity index is 5.35. The van der Waals surface area contributed by atoms with Crippen LogP contribution in [0, 0.1) is 0 Å². The number of amides is 1. The van der Waals surface area contributed by atoms with Crippen molar-refractivity contribution in [2.24, 2.45) is 10.9 Å². The molecule has 0 saturated heterocycles. The van der Waals surface area contributed by atoms with Crippen LogP contribution < -0.4 is 5.73 Å². The summed E-state index contributed by atoms with van der Waals surface area (Å²) in [5.74, 6) is 1.61. The predicted molar refractivity (Wildman–Crippen MR) is 51.7 cm³/mol. The highest BCUT2D eigenvalue weighted by Gasteiger charge is 2.20. The Hall–Kier alpha value is -2.16. The molecule has 15 heavy (non-hydrogen) atoms. The van der Waals surface area contributed by atoms with Crippen molar-refractivity contribution < 1.29 is 19.6 Å². The highest BCUT2D eigenvalue weighted by atomic mass is 16.4. The lowest BCUT2D eigenvalue weighted by molar-refractivity contribution is -0.114. The third-order valence-electron chi connectivity index (χ3n) is 1.59. The Labute approximate surface area is 85.7 Å². The van der Waals surface area contributed by atoms with Crippen LogP contribution in [-0.4, -0.2) is 28.7 Å². The summed E-state index contributed by atoms with van der Waals surface area (Å²) in [4.78, 5) is 31.6. The van der Waals surface area contributed by atoms with Crippen LogP contribution in [0.25, 0.3) is 0 Å². The van der Waals surface area contributed by atoms with Gasteiger partial charge < -0.3 is 10.9 Å². The second kappa shape index (κ2) is 6.32. The third-order valence-corrected chi connectivity index (χ3v) is 1.59. The van der Waals surface area contributed by atoms with Gasteiger partial charge in [-0.15, -0.1) is 0 Å². The fraction of sp³-hybridized carbons (Fsp3) is 0.333. The van der Waals surface area contributed by atoms with Crippen molar-refractivity contribution in [3.05, 3.63) is 11.1 Å². The van der Waals surface area contributed by atoms with Crippen molar-refractivity contribution >= 4 is 23.5 Å². The number of oxime groups is 1. The maximum atomic E-state index is 10.7. The number of allylic oxidation sites excluding steroid dienone is 1. The number of primary amides is 1. The van der Waals surface area contributed by atoms with Crippen LogP contribution >= 0.6 is 0 Å². The molecule has 0 aromatic carbocycles. The first kappa shape index (κ1) is 12.8. The van der Waals surface area contributed by atoms with Crippen LogP contribution in [0.4, 0.5) is 0 Å². The van der Waals surface area contributed by atoms with E-state index in [9.17, 15) is 14.4 Å². The molecule has 0 fully saturated rings. The van der Waals surface area contributed by atoms with Gasteiger partial charge in [0, 0.05) is 0 Å². The number of nitrogens with two attached hydrogens (primary N) is 1. The van der Waals surface area contributed by atoms with Gasteiger partial charge in [0.1, 0.15) is 17.6 Å². The van der Waals surface area contributed by atoms with Gasteiger partial charge >= 0.3 is 0 Å². The second-order valence-electron chi connectivity index (χ2n) is 2.62. The zero-order valence-corrected chi connectivity index (χ0v) is 8.11. The van der Waals surface area contributed by atoms with Gasteiger partial charge in [-0.2, -0.15) is 0 Å². The number of hydrogen-bond acceptors (Lipinski definition) is 5. The van der Waals surface area contributed by atoms with E-state index in [2.05, 4.69) is 5.16 Å². The molecule has 0 atom stereocenters. The summed E-state index contributed by atoms with van der Waals surface area (Å²) in [7, 11) is 0. The summed E-state index contributed by atoms with van der Waals surface area (Å²) in [6.45, 7) is 1.76. The average Bonchev–Trinajstić information content (AvgIpc) is 2.22. The highest BCUT2D eigenvalue weighted by molar-refractivity contribution is 6.33. The molecule has 3 N–H and O–H groups in total. The largest absolute Gasteiger partial charge is 0.410 e. The maximum Gasteiger partial charge on any atom is 0.262 e. The van der Waals surface area contributed by atoms with Gasteiger partial charge in [0.15, 0.2) is 5.57 Å². The van der Waals surface area contributed by atoms with Crippen LogP contribution in [0.5, 0.6) is 0 Å². The molecule has 6 heteroatoms. The first-order valence-electron chi connectivity index (χ1n) is 4.14. The lowest BCUT2D eigenvalue weighted by Gasteiger charge is -2.02. The lowest BCUT2D eigenvalue weighted by atomic mass is 10.0. The van der Waals surface area contributed by atoms with E-state index in [-0.39, 0.29) is 12.0 Å². The van der Waals surface area contributed by atoms with E-state index in [0.717, 1.165) is 0 Å². The minimum Gasteiger partial charge on any atom is -0.410 e. The molecule has 0 unspecified atom stereocenters. The topological polar surface area (TPSA) is 110 Å². The zero-order chi connectivity index (χ0) is 11.8. The van der Waals surface area contributed by atoms with Crippen LogP contribution in [0.1, 0.15) is 19.8 Å². The van der Waals surface area contributed by atoms with Gasteiger partial charge in [0.05, 0.1) is 5.57 Å². The summed E-state index contributed by atoms with van der Waals surface area (Å²) in [5.41, 5.74) is 3.63. The highest BCUT2D eigenvalue weighted by Crippen LogP contribution is 2.09. The SMILES string of the molecule is CCCC(=C=O)C(=NO)C(=C=O)C(N)=O. The number of carbonyl (C=O) groups excluding carboxylic acids is 3. The van der Waals surface area contributed by atoms with Crippen molar-refractivity contribution in [2.45, 2.75) is 19.8 Å². The Bertz CT molecular complexity index is 385. The fourth-order valence-electron chi connectivity index (χ4n) is 0.944. The Morgan fingerprint density at radius 3 is 2.27 bits per heavy atom. The minimum absolute atomic E-state index is 0.0860. The summed E-state index contributed by atoms with van der Waals surface area (Å²) in [6, 6.07) is 0. The molecule has 0 aliphatic heterocycles. The van der Waals surface area contributed by atoms with E-state index in [1.165, 1.54) is 11.9 Å². The molecule has 0 bridgehead atoms. The van der Waals surface area contributed by atoms with Gasteiger partial charge in [-0.05, 0) is 6.42 Å². The molecule has 0 aliphatic carbocycles. The fourth-order valence-corrected chi connectivity index (χ4v) is 0.944. The van der Waals surface area contributed by atoms with Crippen LogP contribution in [0.3, 0.4) is 0 Å². The normalized spacial score (nSPS) is 10.1. The smallest absolute Gasteiger partial charge is 0.262 e. The van der Waals surface area contributed by atoms with Gasteiger partial charge in [0.2, 0.25) is 0 Å². The van der Waals surface area contributed by atoms with E-state index in [0.29, 0.717) is 6.42 Å².